The standard InChI is InChI=1S/C24H29FN2O3/c1-16-14-19(6-10-22(16)25)23-11-7-20(15-27(23)17(2)28)24(29)26-13-12-18-4-8-21(30-3)9-5-18/h4-6,8-10,14,20,23H,7,11-13,15H2,1-3H3,(H,26,29)/t20-,23+/m1/s1. The molecule has 2 aromatic carbocycles. The van der Waals surface area contributed by atoms with Crippen molar-refractivity contribution < 1.29 is 18.7 Å². The fourth-order valence-corrected chi connectivity index (χ4v) is 4.02. The Morgan fingerprint density at radius 3 is 2.53 bits per heavy atom. The topological polar surface area (TPSA) is 58.6 Å². The molecule has 1 saturated heterocycles. The molecular formula is C24H29FN2O3. The second-order valence-electron chi connectivity index (χ2n) is 7.86. The van der Waals surface area contributed by atoms with Gasteiger partial charge in [-0.15, -0.1) is 0 Å². The van der Waals surface area contributed by atoms with Crippen LogP contribution in [-0.2, 0) is 16.0 Å². The van der Waals surface area contributed by atoms with Crippen LogP contribution < -0.4 is 10.1 Å². The van der Waals surface area contributed by atoms with E-state index in [1.54, 1.807) is 31.1 Å². The third kappa shape index (κ3) is 5.17. The predicted octanol–water partition coefficient (Wildman–Crippen LogP) is 3.80. The smallest absolute Gasteiger partial charge is 0.224 e. The Hall–Kier alpha value is -2.89. The highest BCUT2D eigenvalue weighted by Crippen LogP contribution is 2.34. The minimum Gasteiger partial charge on any atom is -0.497 e. The maximum absolute atomic E-state index is 13.6. The van der Waals surface area contributed by atoms with E-state index in [0.717, 1.165) is 23.3 Å². The summed E-state index contributed by atoms with van der Waals surface area (Å²) in [5.74, 6) is 0.224. The number of hydrogen-bond acceptors (Lipinski definition) is 3. The van der Waals surface area contributed by atoms with Crippen LogP contribution in [0.25, 0.3) is 0 Å². The highest BCUT2D eigenvalue weighted by molar-refractivity contribution is 5.81. The van der Waals surface area contributed by atoms with Gasteiger partial charge >= 0.3 is 0 Å². The van der Waals surface area contributed by atoms with E-state index in [4.69, 9.17) is 4.74 Å². The molecule has 0 radical (unpaired) electrons. The van der Waals surface area contributed by atoms with Crippen molar-refractivity contribution in [3.63, 3.8) is 0 Å². The number of benzene rings is 2. The highest BCUT2D eigenvalue weighted by Gasteiger charge is 2.34. The number of carbonyl (C=O) groups is 2. The average Bonchev–Trinajstić information content (AvgIpc) is 2.75. The van der Waals surface area contributed by atoms with Gasteiger partial charge in [0.1, 0.15) is 11.6 Å². The molecule has 2 amide bonds. The summed E-state index contributed by atoms with van der Waals surface area (Å²) in [5, 5.41) is 3.00. The van der Waals surface area contributed by atoms with E-state index in [1.165, 1.54) is 13.0 Å². The molecule has 2 aromatic rings. The number of likely N-dealkylation sites (tertiary alicyclic amines) is 1. The summed E-state index contributed by atoms with van der Waals surface area (Å²) >= 11 is 0. The monoisotopic (exact) mass is 412 g/mol. The summed E-state index contributed by atoms with van der Waals surface area (Å²) < 4.78 is 18.8. The largest absolute Gasteiger partial charge is 0.497 e. The first-order chi connectivity index (χ1) is 14.4. The molecule has 160 valence electrons. The van der Waals surface area contributed by atoms with Crippen molar-refractivity contribution in [1.29, 1.82) is 0 Å². The van der Waals surface area contributed by atoms with Gasteiger partial charge in [0.25, 0.3) is 0 Å². The maximum Gasteiger partial charge on any atom is 0.224 e. The number of nitrogens with zero attached hydrogens (tertiary/aromatic N) is 1. The van der Waals surface area contributed by atoms with E-state index in [2.05, 4.69) is 5.32 Å². The summed E-state index contributed by atoms with van der Waals surface area (Å²) in [4.78, 5) is 26.7. The van der Waals surface area contributed by atoms with Gasteiger partial charge in [0.15, 0.2) is 0 Å². The first-order valence-corrected chi connectivity index (χ1v) is 10.3. The Balaban J connectivity index is 1.57. The van der Waals surface area contributed by atoms with E-state index in [9.17, 15) is 14.0 Å². The van der Waals surface area contributed by atoms with Gasteiger partial charge in [0.2, 0.25) is 11.8 Å². The lowest BCUT2D eigenvalue weighted by molar-refractivity contribution is -0.137. The number of methoxy groups -OCH3 is 1. The van der Waals surface area contributed by atoms with Crippen molar-refractivity contribution in [2.24, 2.45) is 5.92 Å². The maximum atomic E-state index is 13.6. The predicted molar refractivity (Wildman–Crippen MR) is 114 cm³/mol. The SMILES string of the molecule is COc1ccc(CCNC(=O)[C@@H]2CC[C@@H](c3ccc(F)c(C)c3)N(C(C)=O)C2)cc1. The van der Waals surface area contributed by atoms with Gasteiger partial charge in [-0.3, -0.25) is 9.59 Å². The second-order valence-corrected chi connectivity index (χ2v) is 7.86. The van der Waals surface area contributed by atoms with Crippen LogP contribution >= 0.6 is 0 Å². The quantitative estimate of drug-likeness (QED) is 0.785. The lowest BCUT2D eigenvalue weighted by atomic mass is 9.88. The second kappa shape index (κ2) is 9.74. The molecule has 0 saturated carbocycles. The van der Waals surface area contributed by atoms with E-state index in [0.29, 0.717) is 31.5 Å². The molecule has 3 rings (SSSR count). The van der Waals surface area contributed by atoms with Crippen molar-refractivity contribution in [2.75, 3.05) is 20.2 Å². The van der Waals surface area contributed by atoms with E-state index >= 15 is 0 Å². The summed E-state index contributed by atoms with van der Waals surface area (Å²) in [6.45, 7) is 4.17. The normalized spacial score (nSPS) is 18.7. The molecular weight excluding hydrogens is 383 g/mol. The third-order valence-electron chi connectivity index (χ3n) is 5.80. The minimum atomic E-state index is -0.252. The van der Waals surface area contributed by atoms with Crippen LogP contribution in [0, 0.1) is 18.7 Å². The zero-order valence-electron chi connectivity index (χ0n) is 17.8. The van der Waals surface area contributed by atoms with Crippen molar-refractivity contribution >= 4 is 11.8 Å². The van der Waals surface area contributed by atoms with E-state index < -0.39 is 0 Å². The van der Waals surface area contributed by atoms with Crippen molar-refractivity contribution in [1.82, 2.24) is 10.2 Å². The lowest BCUT2D eigenvalue weighted by Gasteiger charge is -2.39. The number of aryl methyl sites for hydroxylation is 1. The first-order valence-electron chi connectivity index (χ1n) is 10.3. The first kappa shape index (κ1) is 21.8. The molecule has 1 aliphatic rings. The summed E-state index contributed by atoms with van der Waals surface area (Å²) in [6.07, 6.45) is 2.11. The number of ether oxygens (including phenoxy) is 1. The lowest BCUT2D eigenvalue weighted by Crippen LogP contribution is -2.46. The number of hydrogen-bond donors (Lipinski definition) is 1. The van der Waals surface area contributed by atoms with Gasteiger partial charge in [0, 0.05) is 20.0 Å². The molecule has 6 heteroatoms. The van der Waals surface area contributed by atoms with Gasteiger partial charge in [-0.25, -0.2) is 4.39 Å². The third-order valence-corrected chi connectivity index (χ3v) is 5.80. The van der Waals surface area contributed by atoms with Gasteiger partial charge in [-0.2, -0.15) is 0 Å². The number of halogens is 1. The molecule has 0 spiro atoms. The summed E-state index contributed by atoms with van der Waals surface area (Å²) in [6, 6.07) is 12.6. The molecule has 1 N–H and O–H groups in total. The molecule has 0 bridgehead atoms. The minimum absolute atomic E-state index is 0.0245. The molecule has 0 unspecified atom stereocenters. The molecule has 1 fully saturated rings. The summed E-state index contributed by atoms with van der Waals surface area (Å²) in [5.41, 5.74) is 2.61. The van der Waals surface area contributed by atoms with Crippen LogP contribution in [0.5, 0.6) is 5.75 Å². The Morgan fingerprint density at radius 2 is 1.90 bits per heavy atom. The highest BCUT2D eigenvalue weighted by atomic mass is 19.1. The molecule has 2 atom stereocenters. The molecule has 1 heterocycles. The fraction of sp³-hybridized carbons (Fsp3) is 0.417. The number of piperidine rings is 1. The number of amides is 2. The average molecular weight is 413 g/mol. The molecule has 0 aliphatic carbocycles. The van der Waals surface area contributed by atoms with Gasteiger partial charge in [-0.1, -0.05) is 24.3 Å². The Bertz CT molecular complexity index is 898. The van der Waals surface area contributed by atoms with Gasteiger partial charge < -0.3 is 15.0 Å². The Labute approximate surface area is 177 Å². The van der Waals surface area contributed by atoms with E-state index in [1.807, 2.05) is 24.3 Å². The fourth-order valence-electron chi connectivity index (χ4n) is 4.02. The number of carbonyl (C=O) groups excluding carboxylic acids is 2. The van der Waals surface area contributed by atoms with Crippen molar-refractivity contribution in [2.45, 2.75) is 39.2 Å². The van der Waals surface area contributed by atoms with Crippen LogP contribution in [0.3, 0.4) is 0 Å². The summed E-state index contributed by atoms with van der Waals surface area (Å²) in [7, 11) is 1.63. The van der Waals surface area contributed by atoms with Gasteiger partial charge in [-0.05, 0) is 61.1 Å². The Morgan fingerprint density at radius 1 is 1.17 bits per heavy atom. The van der Waals surface area contributed by atoms with Gasteiger partial charge in [0.05, 0.1) is 19.1 Å². The zero-order valence-corrected chi connectivity index (χ0v) is 17.8. The Kier molecular flexibility index (Phi) is 7.08. The number of rotatable bonds is 6. The van der Waals surface area contributed by atoms with Crippen LogP contribution in [0.4, 0.5) is 4.39 Å². The molecule has 1 aliphatic heterocycles. The molecule has 30 heavy (non-hydrogen) atoms. The van der Waals surface area contributed by atoms with Crippen molar-refractivity contribution in [3.05, 3.63) is 65.0 Å². The zero-order chi connectivity index (χ0) is 21.7. The molecule has 5 nitrogen and oxygen atoms in total. The van der Waals surface area contributed by atoms with Crippen LogP contribution in [0.2, 0.25) is 0 Å². The van der Waals surface area contributed by atoms with Crippen molar-refractivity contribution in [3.8, 4) is 5.75 Å². The van der Waals surface area contributed by atoms with Crippen LogP contribution in [0.1, 0.15) is 42.5 Å². The number of nitrogens with one attached hydrogen (secondary N) is 1. The van der Waals surface area contributed by atoms with Crippen LogP contribution in [0.15, 0.2) is 42.5 Å². The van der Waals surface area contributed by atoms with E-state index in [-0.39, 0.29) is 29.6 Å². The molecule has 0 aromatic heterocycles. The van der Waals surface area contributed by atoms with Crippen LogP contribution in [-0.4, -0.2) is 36.9 Å².